The highest BCUT2D eigenvalue weighted by atomic mass is 16.3. The molecule has 0 spiro atoms. The maximum Gasteiger partial charge on any atom is 0.0937 e. The van der Waals surface area contributed by atoms with Gasteiger partial charge in [-0.15, -0.1) is 0 Å². The van der Waals surface area contributed by atoms with Crippen LogP contribution in [0.1, 0.15) is 37.2 Å². The molecular weight excluding hydrogens is 152 g/mol. The molecule has 66 valence electrons. The highest BCUT2D eigenvalue weighted by molar-refractivity contribution is 5.13. The van der Waals surface area contributed by atoms with Crippen molar-refractivity contribution in [1.29, 1.82) is 0 Å². The lowest BCUT2D eigenvalue weighted by atomic mass is 9.84. The number of hydrogen-bond acceptors (Lipinski definition) is 2. The van der Waals surface area contributed by atoms with E-state index in [9.17, 15) is 5.11 Å². The first-order chi connectivity index (χ1) is 5.86. The van der Waals surface area contributed by atoms with Crippen LogP contribution in [0, 0.1) is 0 Å². The zero-order valence-corrected chi connectivity index (χ0v) is 7.07. The average Bonchev–Trinajstić information content (AvgIpc) is 2.56. The molecule has 1 saturated carbocycles. The van der Waals surface area contributed by atoms with Crippen LogP contribution in [0.4, 0.5) is 0 Å². The molecule has 1 N–H and O–H groups in total. The van der Waals surface area contributed by atoms with Crippen LogP contribution in [-0.4, -0.2) is 11.2 Å². The van der Waals surface area contributed by atoms with Crippen molar-refractivity contribution in [3.63, 3.8) is 0 Å². The number of rotatable bonds is 1. The van der Waals surface area contributed by atoms with Crippen LogP contribution in [0.15, 0.2) is 23.0 Å². The normalized spacial score (nSPS) is 30.4. The second-order valence-corrected chi connectivity index (χ2v) is 3.57. The molecule has 2 atom stereocenters. The molecule has 2 heteroatoms. The number of aliphatic hydroxyl groups excluding tert-OH is 1. The summed E-state index contributed by atoms with van der Waals surface area (Å²) < 4.78 is 5.02. The summed E-state index contributed by atoms with van der Waals surface area (Å²) in [5.74, 6) is 0.521. The molecule has 1 aliphatic rings. The van der Waals surface area contributed by atoms with E-state index in [1.165, 1.54) is 12.0 Å². The lowest BCUT2D eigenvalue weighted by Crippen LogP contribution is -2.17. The molecule has 2 nitrogen and oxygen atoms in total. The fourth-order valence-electron chi connectivity index (χ4n) is 1.97. The Morgan fingerprint density at radius 3 is 3.00 bits per heavy atom. The predicted molar refractivity (Wildman–Crippen MR) is 45.9 cm³/mol. The van der Waals surface area contributed by atoms with Gasteiger partial charge in [0.1, 0.15) is 0 Å². The Morgan fingerprint density at radius 2 is 2.33 bits per heavy atom. The highest BCUT2D eigenvalue weighted by Crippen LogP contribution is 2.32. The van der Waals surface area contributed by atoms with E-state index in [0.717, 1.165) is 19.3 Å². The lowest BCUT2D eigenvalue weighted by molar-refractivity contribution is 0.119. The topological polar surface area (TPSA) is 33.4 Å². The molecule has 0 amide bonds. The van der Waals surface area contributed by atoms with Gasteiger partial charge in [0.2, 0.25) is 0 Å². The van der Waals surface area contributed by atoms with Crippen molar-refractivity contribution in [1.82, 2.24) is 0 Å². The largest absolute Gasteiger partial charge is 0.472 e. The first-order valence-electron chi connectivity index (χ1n) is 4.56. The first-order valence-corrected chi connectivity index (χ1v) is 4.56. The second kappa shape index (κ2) is 3.31. The van der Waals surface area contributed by atoms with Gasteiger partial charge in [-0.05, 0) is 36.8 Å². The van der Waals surface area contributed by atoms with Gasteiger partial charge in [-0.3, -0.25) is 0 Å². The van der Waals surface area contributed by atoms with Gasteiger partial charge >= 0.3 is 0 Å². The average molecular weight is 166 g/mol. The minimum Gasteiger partial charge on any atom is -0.472 e. The van der Waals surface area contributed by atoms with Gasteiger partial charge in [0.15, 0.2) is 0 Å². The molecule has 1 heterocycles. The Balaban J connectivity index is 2.04. The van der Waals surface area contributed by atoms with Crippen LogP contribution in [0.2, 0.25) is 0 Å². The van der Waals surface area contributed by atoms with E-state index in [4.69, 9.17) is 4.42 Å². The molecular formula is C10H14O2. The van der Waals surface area contributed by atoms with Crippen LogP contribution in [0.25, 0.3) is 0 Å². The molecule has 0 radical (unpaired) electrons. The molecule has 0 saturated heterocycles. The zero-order valence-electron chi connectivity index (χ0n) is 7.07. The minimum atomic E-state index is -0.0985. The highest BCUT2D eigenvalue weighted by Gasteiger charge is 2.21. The molecule has 1 aromatic heterocycles. The van der Waals surface area contributed by atoms with Crippen molar-refractivity contribution >= 4 is 0 Å². The van der Waals surface area contributed by atoms with Crippen molar-refractivity contribution in [2.45, 2.75) is 37.7 Å². The molecule has 12 heavy (non-hydrogen) atoms. The maximum absolute atomic E-state index is 9.45. The summed E-state index contributed by atoms with van der Waals surface area (Å²) in [7, 11) is 0. The van der Waals surface area contributed by atoms with E-state index in [2.05, 4.69) is 0 Å². The monoisotopic (exact) mass is 166 g/mol. The smallest absolute Gasteiger partial charge is 0.0937 e. The van der Waals surface area contributed by atoms with Crippen molar-refractivity contribution in [2.75, 3.05) is 0 Å². The first kappa shape index (κ1) is 7.87. The van der Waals surface area contributed by atoms with Crippen molar-refractivity contribution < 1.29 is 9.52 Å². The Kier molecular flexibility index (Phi) is 2.17. The van der Waals surface area contributed by atoms with Gasteiger partial charge < -0.3 is 9.52 Å². The van der Waals surface area contributed by atoms with Gasteiger partial charge in [-0.1, -0.05) is 6.42 Å². The Labute approximate surface area is 72.2 Å². The van der Waals surface area contributed by atoms with Gasteiger partial charge in [-0.2, -0.15) is 0 Å². The van der Waals surface area contributed by atoms with E-state index < -0.39 is 0 Å². The molecule has 2 unspecified atom stereocenters. The van der Waals surface area contributed by atoms with Gasteiger partial charge in [-0.25, -0.2) is 0 Å². The third-order valence-electron chi connectivity index (χ3n) is 2.66. The molecule has 0 aliphatic heterocycles. The van der Waals surface area contributed by atoms with Gasteiger partial charge in [0, 0.05) is 0 Å². The predicted octanol–water partition coefficient (Wildman–Crippen LogP) is 2.30. The van der Waals surface area contributed by atoms with Crippen LogP contribution in [0.5, 0.6) is 0 Å². The van der Waals surface area contributed by atoms with E-state index in [-0.39, 0.29) is 6.10 Å². The SMILES string of the molecule is OC1CCCC(c2ccoc2)C1. The van der Waals surface area contributed by atoms with Crippen LogP contribution < -0.4 is 0 Å². The van der Waals surface area contributed by atoms with Crippen LogP contribution >= 0.6 is 0 Å². The second-order valence-electron chi connectivity index (χ2n) is 3.57. The summed E-state index contributed by atoms with van der Waals surface area (Å²) in [6, 6.07) is 2.00. The third kappa shape index (κ3) is 1.53. The summed E-state index contributed by atoms with van der Waals surface area (Å²) in [5, 5.41) is 9.45. The zero-order chi connectivity index (χ0) is 8.39. The van der Waals surface area contributed by atoms with Crippen molar-refractivity contribution in [2.24, 2.45) is 0 Å². The summed E-state index contributed by atoms with van der Waals surface area (Å²) >= 11 is 0. The minimum absolute atomic E-state index is 0.0985. The van der Waals surface area contributed by atoms with Crippen LogP contribution in [-0.2, 0) is 0 Å². The van der Waals surface area contributed by atoms with Gasteiger partial charge in [0.05, 0.1) is 18.6 Å². The lowest BCUT2D eigenvalue weighted by Gasteiger charge is -2.24. The quantitative estimate of drug-likeness (QED) is 0.694. The number of hydrogen-bond donors (Lipinski definition) is 1. The van der Waals surface area contributed by atoms with Crippen molar-refractivity contribution in [3.05, 3.63) is 24.2 Å². The van der Waals surface area contributed by atoms with E-state index in [0.29, 0.717) is 5.92 Å². The Hall–Kier alpha value is -0.760. The van der Waals surface area contributed by atoms with Gasteiger partial charge in [0.25, 0.3) is 0 Å². The molecule has 1 aromatic rings. The summed E-state index contributed by atoms with van der Waals surface area (Å²) in [5.41, 5.74) is 1.24. The Bertz CT molecular complexity index is 228. The third-order valence-corrected chi connectivity index (χ3v) is 2.66. The number of aliphatic hydroxyl groups is 1. The van der Waals surface area contributed by atoms with Crippen molar-refractivity contribution in [3.8, 4) is 0 Å². The summed E-state index contributed by atoms with van der Waals surface area (Å²) in [4.78, 5) is 0. The fraction of sp³-hybridized carbons (Fsp3) is 0.600. The molecule has 0 aromatic carbocycles. The molecule has 1 aliphatic carbocycles. The molecule has 0 bridgehead atoms. The summed E-state index contributed by atoms with van der Waals surface area (Å²) in [6.07, 6.45) is 7.60. The van der Waals surface area contributed by atoms with E-state index in [1.807, 2.05) is 6.07 Å². The molecule has 1 fully saturated rings. The molecule has 2 rings (SSSR count). The Morgan fingerprint density at radius 1 is 1.42 bits per heavy atom. The fourth-order valence-corrected chi connectivity index (χ4v) is 1.97. The maximum atomic E-state index is 9.45. The number of furan rings is 1. The van der Waals surface area contributed by atoms with Crippen LogP contribution in [0.3, 0.4) is 0 Å². The summed E-state index contributed by atoms with van der Waals surface area (Å²) in [6.45, 7) is 0. The standard InChI is InChI=1S/C10H14O2/c11-10-3-1-2-8(6-10)9-4-5-12-7-9/h4-5,7-8,10-11H,1-3,6H2. The van der Waals surface area contributed by atoms with E-state index in [1.54, 1.807) is 12.5 Å². The van der Waals surface area contributed by atoms with E-state index >= 15 is 0 Å².